The van der Waals surface area contributed by atoms with Crippen molar-refractivity contribution in [2.45, 2.75) is 51.4 Å². The molecule has 0 bridgehead atoms. The van der Waals surface area contributed by atoms with E-state index in [4.69, 9.17) is 4.74 Å². The summed E-state index contributed by atoms with van der Waals surface area (Å²) in [6.45, 7) is 5.96. The molecule has 0 atom stereocenters. The van der Waals surface area contributed by atoms with Crippen LogP contribution in [0.1, 0.15) is 33.1 Å². The van der Waals surface area contributed by atoms with Gasteiger partial charge in [-0.2, -0.15) is 0 Å². The number of carbonyl (C=O) groups excluding carboxylic acids is 1. The average molecular weight is 345 g/mol. The van der Waals surface area contributed by atoms with E-state index in [2.05, 4.69) is 34.4 Å². The van der Waals surface area contributed by atoms with Gasteiger partial charge in [0.1, 0.15) is 0 Å². The number of hydrogen-bond acceptors (Lipinski definition) is 3. The minimum atomic E-state index is -0.849. The Hall–Kier alpha value is -2.05. The third-order valence-electron chi connectivity index (χ3n) is 4.69. The SMILES string of the molecule is CCCn1ccc2cc(NC(=O)NCC3(O)CC(OCC)C3)ccc21. The number of urea groups is 1. The summed E-state index contributed by atoms with van der Waals surface area (Å²) in [4.78, 5) is 12.1. The van der Waals surface area contributed by atoms with Crippen molar-refractivity contribution < 1.29 is 14.6 Å². The zero-order valence-electron chi connectivity index (χ0n) is 14.9. The lowest BCUT2D eigenvalue weighted by molar-refractivity contribution is -0.133. The van der Waals surface area contributed by atoms with Gasteiger partial charge in [0.05, 0.1) is 11.7 Å². The molecule has 6 heteroatoms. The van der Waals surface area contributed by atoms with E-state index in [9.17, 15) is 9.90 Å². The molecule has 1 aliphatic carbocycles. The molecule has 1 aromatic heterocycles. The molecule has 6 nitrogen and oxygen atoms in total. The molecule has 3 rings (SSSR count). The summed E-state index contributed by atoms with van der Waals surface area (Å²) < 4.78 is 7.65. The number of ether oxygens (including phenoxy) is 1. The Labute approximate surface area is 148 Å². The molecule has 0 unspecified atom stereocenters. The van der Waals surface area contributed by atoms with Gasteiger partial charge in [0.25, 0.3) is 0 Å². The molecular weight excluding hydrogens is 318 g/mol. The van der Waals surface area contributed by atoms with Gasteiger partial charge >= 0.3 is 6.03 Å². The van der Waals surface area contributed by atoms with E-state index < -0.39 is 5.60 Å². The molecular formula is C19H27N3O3. The van der Waals surface area contributed by atoms with Gasteiger partial charge in [-0.1, -0.05) is 6.92 Å². The Bertz CT molecular complexity index is 735. The quantitative estimate of drug-likeness (QED) is 0.722. The first-order chi connectivity index (χ1) is 12.0. The first-order valence-electron chi connectivity index (χ1n) is 9.01. The number of anilines is 1. The van der Waals surface area contributed by atoms with Crippen LogP contribution < -0.4 is 10.6 Å². The number of nitrogens with one attached hydrogen (secondary N) is 2. The first-order valence-corrected chi connectivity index (χ1v) is 9.01. The zero-order valence-corrected chi connectivity index (χ0v) is 14.9. The lowest BCUT2D eigenvalue weighted by atomic mass is 9.77. The van der Waals surface area contributed by atoms with Crippen LogP contribution in [0.15, 0.2) is 30.5 Å². The van der Waals surface area contributed by atoms with Crippen LogP contribution in [-0.4, -0.2) is 40.6 Å². The van der Waals surface area contributed by atoms with E-state index in [1.165, 1.54) is 5.52 Å². The molecule has 136 valence electrons. The fourth-order valence-electron chi connectivity index (χ4n) is 3.42. The summed E-state index contributed by atoms with van der Waals surface area (Å²) in [5.41, 5.74) is 1.06. The van der Waals surface area contributed by atoms with Crippen LogP contribution in [0.2, 0.25) is 0 Å². The van der Waals surface area contributed by atoms with Crippen molar-refractivity contribution in [3.8, 4) is 0 Å². The third-order valence-corrected chi connectivity index (χ3v) is 4.69. The second-order valence-electron chi connectivity index (χ2n) is 6.80. The largest absolute Gasteiger partial charge is 0.388 e. The third kappa shape index (κ3) is 4.14. The molecule has 0 saturated heterocycles. The second-order valence-corrected chi connectivity index (χ2v) is 6.80. The maximum Gasteiger partial charge on any atom is 0.319 e. The van der Waals surface area contributed by atoms with Gasteiger partial charge in [-0.3, -0.25) is 0 Å². The van der Waals surface area contributed by atoms with Gasteiger partial charge in [-0.15, -0.1) is 0 Å². The Balaban J connectivity index is 1.52. The number of benzene rings is 1. The molecule has 0 aliphatic heterocycles. The number of nitrogens with zero attached hydrogens (tertiary/aromatic N) is 1. The summed E-state index contributed by atoms with van der Waals surface area (Å²) in [6.07, 6.45) is 4.39. The van der Waals surface area contributed by atoms with Crippen LogP contribution in [0.3, 0.4) is 0 Å². The molecule has 1 heterocycles. The lowest BCUT2D eigenvalue weighted by Crippen LogP contribution is -2.55. The molecule has 1 fully saturated rings. The molecule has 0 radical (unpaired) electrons. The van der Waals surface area contributed by atoms with Crippen LogP contribution in [0.4, 0.5) is 10.5 Å². The second kappa shape index (κ2) is 7.45. The van der Waals surface area contributed by atoms with E-state index in [0.29, 0.717) is 19.4 Å². The van der Waals surface area contributed by atoms with Gasteiger partial charge in [-0.25, -0.2) is 4.79 Å². The van der Waals surface area contributed by atoms with E-state index in [1.807, 2.05) is 25.1 Å². The fraction of sp³-hybridized carbons (Fsp3) is 0.526. The number of aromatic nitrogens is 1. The Morgan fingerprint density at radius 3 is 2.88 bits per heavy atom. The molecule has 1 saturated carbocycles. The summed E-state index contributed by atoms with van der Waals surface area (Å²) in [5, 5.41) is 17.0. The number of carbonyl (C=O) groups is 1. The number of amides is 2. The molecule has 0 spiro atoms. The molecule has 1 aromatic carbocycles. The van der Waals surface area contributed by atoms with E-state index in [-0.39, 0.29) is 18.7 Å². The summed E-state index contributed by atoms with van der Waals surface area (Å²) in [5.74, 6) is 0. The van der Waals surface area contributed by atoms with Gasteiger partial charge in [0, 0.05) is 55.3 Å². The number of rotatable bonds is 7. The molecule has 3 N–H and O–H groups in total. The summed E-state index contributed by atoms with van der Waals surface area (Å²) in [7, 11) is 0. The van der Waals surface area contributed by atoms with Crippen LogP contribution in [0, 0.1) is 0 Å². The Morgan fingerprint density at radius 2 is 2.16 bits per heavy atom. The summed E-state index contributed by atoms with van der Waals surface area (Å²) >= 11 is 0. The van der Waals surface area contributed by atoms with Crippen molar-refractivity contribution in [2.75, 3.05) is 18.5 Å². The van der Waals surface area contributed by atoms with Crippen LogP contribution in [-0.2, 0) is 11.3 Å². The standard InChI is InChI=1S/C19H27N3O3/c1-3-8-22-9-7-14-10-15(5-6-17(14)22)21-18(23)20-13-19(24)11-16(12-19)25-4-2/h5-7,9-10,16,24H,3-4,8,11-13H2,1-2H3,(H2,20,21,23). The van der Waals surface area contributed by atoms with Gasteiger partial charge in [-0.05, 0) is 37.6 Å². The smallest absolute Gasteiger partial charge is 0.319 e. The van der Waals surface area contributed by atoms with Crippen molar-refractivity contribution in [2.24, 2.45) is 0 Å². The molecule has 2 aromatic rings. The van der Waals surface area contributed by atoms with E-state index in [0.717, 1.165) is 24.0 Å². The van der Waals surface area contributed by atoms with Crippen LogP contribution >= 0.6 is 0 Å². The highest BCUT2D eigenvalue weighted by Crippen LogP contribution is 2.33. The highest BCUT2D eigenvalue weighted by atomic mass is 16.5. The predicted molar refractivity (Wildman–Crippen MR) is 98.8 cm³/mol. The molecule has 2 amide bonds. The highest BCUT2D eigenvalue weighted by molar-refractivity contribution is 5.93. The van der Waals surface area contributed by atoms with Gasteiger partial charge in [0.15, 0.2) is 0 Å². The van der Waals surface area contributed by atoms with Gasteiger partial charge < -0.3 is 25.0 Å². The van der Waals surface area contributed by atoms with Crippen molar-refractivity contribution in [3.63, 3.8) is 0 Å². The summed E-state index contributed by atoms with van der Waals surface area (Å²) in [6, 6.07) is 7.63. The normalized spacial score (nSPS) is 22.6. The van der Waals surface area contributed by atoms with Crippen molar-refractivity contribution in [1.29, 1.82) is 0 Å². The molecule has 1 aliphatic rings. The maximum absolute atomic E-state index is 12.1. The number of fused-ring (bicyclic) bond motifs is 1. The monoisotopic (exact) mass is 345 g/mol. The fourth-order valence-corrected chi connectivity index (χ4v) is 3.42. The zero-order chi connectivity index (χ0) is 17.9. The average Bonchev–Trinajstić information content (AvgIpc) is 2.95. The topological polar surface area (TPSA) is 75.5 Å². The Kier molecular flexibility index (Phi) is 5.30. The van der Waals surface area contributed by atoms with E-state index >= 15 is 0 Å². The first kappa shape index (κ1) is 17.8. The van der Waals surface area contributed by atoms with Crippen molar-refractivity contribution in [1.82, 2.24) is 9.88 Å². The number of aliphatic hydroxyl groups is 1. The number of aryl methyl sites for hydroxylation is 1. The van der Waals surface area contributed by atoms with Crippen molar-refractivity contribution in [3.05, 3.63) is 30.5 Å². The maximum atomic E-state index is 12.1. The van der Waals surface area contributed by atoms with E-state index in [1.54, 1.807) is 0 Å². The highest BCUT2D eigenvalue weighted by Gasteiger charge is 2.43. The van der Waals surface area contributed by atoms with Gasteiger partial charge in [0.2, 0.25) is 0 Å². The van der Waals surface area contributed by atoms with Crippen LogP contribution in [0.25, 0.3) is 10.9 Å². The molecule has 25 heavy (non-hydrogen) atoms. The minimum Gasteiger partial charge on any atom is -0.388 e. The minimum absolute atomic E-state index is 0.106. The van der Waals surface area contributed by atoms with Crippen molar-refractivity contribution >= 4 is 22.6 Å². The number of hydrogen-bond donors (Lipinski definition) is 3. The van der Waals surface area contributed by atoms with Crippen LogP contribution in [0.5, 0.6) is 0 Å². The predicted octanol–water partition coefficient (Wildman–Crippen LogP) is 3.10. The Morgan fingerprint density at radius 1 is 1.36 bits per heavy atom. The lowest BCUT2D eigenvalue weighted by Gasteiger charge is -2.43.